The lowest BCUT2D eigenvalue weighted by Gasteiger charge is -2.16. The molecule has 114 valence electrons. The largest absolute Gasteiger partial charge is 0.477 e. The van der Waals surface area contributed by atoms with Crippen molar-refractivity contribution in [3.8, 4) is 0 Å². The fourth-order valence-electron chi connectivity index (χ4n) is 1.74. The molecule has 1 N–H and O–H groups in total. The zero-order chi connectivity index (χ0) is 15.8. The van der Waals surface area contributed by atoms with Crippen LogP contribution in [0.15, 0.2) is 23.1 Å². The molecule has 0 spiro atoms. The van der Waals surface area contributed by atoms with Gasteiger partial charge < -0.3 is 5.11 Å². The number of hydrogen-bond acceptors (Lipinski definition) is 5. The Bertz CT molecular complexity index is 778. The van der Waals surface area contributed by atoms with Crippen molar-refractivity contribution in [2.75, 3.05) is 7.05 Å². The molecule has 2 rings (SSSR count). The van der Waals surface area contributed by atoms with Gasteiger partial charge in [0.2, 0.25) is 10.0 Å². The predicted octanol–water partition coefficient (Wildman–Crippen LogP) is 3.29. The van der Waals surface area contributed by atoms with Gasteiger partial charge in [-0.3, -0.25) is 0 Å². The smallest absolute Gasteiger partial charge is 0.345 e. The first-order valence-electron chi connectivity index (χ1n) is 5.76. The third-order valence-electron chi connectivity index (χ3n) is 2.78. The first-order valence-corrected chi connectivity index (χ1v) is 9.21. The van der Waals surface area contributed by atoms with E-state index in [9.17, 15) is 13.2 Å². The zero-order valence-corrected chi connectivity index (χ0v) is 14.4. The summed E-state index contributed by atoms with van der Waals surface area (Å²) in [6.07, 6.45) is 0. The molecule has 0 radical (unpaired) electrons. The van der Waals surface area contributed by atoms with E-state index in [-0.39, 0.29) is 16.3 Å². The number of aromatic carboxylic acids is 1. The Balaban J connectivity index is 2.30. The first kappa shape index (κ1) is 16.4. The van der Waals surface area contributed by atoms with Gasteiger partial charge in [-0.15, -0.1) is 22.7 Å². The number of hydrogen-bond donors (Lipinski definition) is 1. The third kappa shape index (κ3) is 3.46. The summed E-state index contributed by atoms with van der Waals surface area (Å²) in [6, 6.07) is 4.68. The summed E-state index contributed by atoms with van der Waals surface area (Å²) in [5.74, 6) is -1.13. The minimum atomic E-state index is -3.73. The summed E-state index contributed by atoms with van der Waals surface area (Å²) in [7, 11) is -2.27. The Labute approximate surface area is 135 Å². The van der Waals surface area contributed by atoms with Gasteiger partial charge in [-0.05, 0) is 25.1 Å². The van der Waals surface area contributed by atoms with E-state index in [2.05, 4.69) is 0 Å². The predicted molar refractivity (Wildman–Crippen MR) is 84.0 cm³/mol. The summed E-state index contributed by atoms with van der Waals surface area (Å²) in [5, 5.41) is 8.95. The maximum Gasteiger partial charge on any atom is 0.345 e. The Morgan fingerprint density at radius 3 is 2.52 bits per heavy atom. The van der Waals surface area contributed by atoms with Crippen molar-refractivity contribution >= 4 is 50.3 Å². The van der Waals surface area contributed by atoms with Crippen molar-refractivity contribution in [2.24, 2.45) is 0 Å². The second kappa shape index (κ2) is 6.05. The fourth-order valence-corrected chi connectivity index (χ4v) is 5.50. The monoisotopic (exact) mass is 365 g/mol. The van der Waals surface area contributed by atoms with Gasteiger partial charge in [-0.1, -0.05) is 11.6 Å². The second-order valence-corrected chi connectivity index (χ2v) is 9.37. The van der Waals surface area contributed by atoms with Gasteiger partial charge in [-0.25, -0.2) is 13.2 Å². The number of carboxylic acids is 1. The summed E-state index contributed by atoms with van der Waals surface area (Å²) in [4.78, 5) is 12.3. The molecule has 5 nitrogen and oxygen atoms in total. The number of halogens is 1. The minimum Gasteiger partial charge on any atom is -0.477 e. The van der Waals surface area contributed by atoms with Crippen molar-refractivity contribution in [3.63, 3.8) is 0 Å². The molecule has 0 aliphatic rings. The van der Waals surface area contributed by atoms with Crippen LogP contribution in [-0.2, 0) is 16.6 Å². The molecule has 0 atom stereocenters. The molecule has 0 amide bonds. The Morgan fingerprint density at radius 1 is 1.38 bits per heavy atom. The SMILES string of the molecule is Cc1sc(C(=O)O)cc1S(=O)(=O)N(C)Cc1ccc(Cl)s1. The maximum absolute atomic E-state index is 12.5. The highest BCUT2D eigenvalue weighted by atomic mass is 35.5. The molecule has 0 fully saturated rings. The molecule has 21 heavy (non-hydrogen) atoms. The summed E-state index contributed by atoms with van der Waals surface area (Å²) in [5.41, 5.74) is 0. The number of rotatable bonds is 5. The van der Waals surface area contributed by atoms with Crippen molar-refractivity contribution in [1.82, 2.24) is 4.31 Å². The van der Waals surface area contributed by atoms with Gasteiger partial charge in [0.05, 0.1) is 9.23 Å². The second-order valence-electron chi connectivity index (χ2n) is 4.30. The highest BCUT2D eigenvalue weighted by Gasteiger charge is 2.26. The summed E-state index contributed by atoms with van der Waals surface area (Å²) in [6.45, 7) is 1.79. The molecule has 2 aromatic heterocycles. The molecule has 0 aliphatic heterocycles. The standard InChI is InChI=1S/C12H12ClNO4S3/c1-7-10(5-9(19-7)12(15)16)21(17,18)14(2)6-8-3-4-11(13)20-8/h3-5H,6H2,1-2H3,(H,15,16). The molecule has 0 bridgehead atoms. The molecule has 0 unspecified atom stereocenters. The number of nitrogens with zero attached hydrogens (tertiary/aromatic N) is 1. The molecule has 0 aliphatic carbocycles. The highest BCUT2D eigenvalue weighted by Crippen LogP contribution is 2.29. The van der Waals surface area contributed by atoms with Crippen molar-refractivity contribution in [3.05, 3.63) is 37.2 Å². The van der Waals surface area contributed by atoms with Crippen molar-refractivity contribution in [1.29, 1.82) is 0 Å². The van der Waals surface area contributed by atoms with Crippen LogP contribution in [0.3, 0.4) is 0 Å². The van der Waals surface area contributed by atoms with E-state index in [4.69, 9.17) is 16.7 Å². The van der Waals surface area contributed by atoms with Crippen LogP contribution in [0.2, 0.25) is 4.34 Å². The van der Waals surface area contributed by atoms with Gasteiger partial charge in [0, 0.05) is 23.3 Å². The number of thiophene rings is 2. The average Bonchev–Trinajstić information content (AvgIpc) is 2.96. The molecule has 9 heteroatoms. The van der Waals surface area contributed by atoms with Crippen molar-refractivity contribution in [2.45, 2.75) is 18.4 Å². The summed E-state index contributed by atoms with van der Waals surface area (Å²) < 4.78 is 26.8. The van der Waals surface area contributed by atoms with Crippen LogP contribution in [0, 0.1) is 6.92 Å². The van der Waals surface area contributed by atoms with Crippen LogP contribution in [0.25, 0.3) is 0 Å². The van der Waals surface area contributed by atoms with E-state index in [0.29, 0.717) is 9.21 Å². The molecule has 2 aromatic rings. The molecule has 2 heterocycles. The Kier molecular flexibility index (Phi) is 4.74. The maximum atomic E-state index is 12.5. The van der Waals surface area contributed by atoms with E-state index in [1.807, 2.05) is 0 Å². The number of carbonyl (C=O) groups is 1. The van der Waals surface area contributed by atoms with Gasteiger partial charge in [0.1, 0.15) is 4.88 Å². The molecule has 0 aromatic carbocycles. The van der Waals surface area contributed by atoms with Crippen LogP contribution in [-0.4, -0.2) is 30.8 Å². The lowest BCUT2D eigenvalue weighted by Crippen LogP contribution is -2.26. The highest BCUT2D eigenvalue weighted by molar-refractivity contribution is 7.89. The zero-order valence-electron chi connectivity index (χ0n) is 11.2. The number of aryl methyl sites for hydroxylation is 1. The lowest BCUT2D eigenvalue weighted by atomic mass is 10.4. The van der Waals surface area contributed by atoms with Crippen molar-refractivity contribution < 1.29 is 18.3 Å². The van der Waals surface area contributed by atoms with Gasteiger partial charge in [0.15, 0.2) is 0 Å². The minimum absolute atomic E-state index is 0.0126. The quantitative estimate of drug-likeness (QED) is 0.882. The van der Waals surface area contributed by atoms with E-state index < -0.39 is 16.0 Å². The average molecular weight is 366 g/mol. The van der Waals surface area contributed by atoms with E-state index in [1.165, 1.54) is 28.8 Å². The van der Waals surface area contributed by atoms with E-state index in [0.717, 1.165) is 16.2 Å². The van der Waals surface area contributed by atoms with Gasteiger partial charge in [0.25, 0.3) is 0 Å². The fraction of sp³-hybridized carbons (Fsp3) is 0.250. The topological polar surface area (TPSA) is 74.7 Å². The molecular formula is C12H12ClNO4S3. The molecular weight excluding hydrogens is 354 g/mol. The van der Waals surface area contributed by atoms with Gasteiger partial charge >= 0.3 is 5.97 Å². The third-order valence-corrected chi connectivity index (χ3v) is 7.09. The molecule has 0 saturated carbocycles. The number of sulfonamides is 1. The Morgan fingerprint density at radius 2 is 2.05 bits per heavy atom. The Hall–Kier alpha value is -0.930. The first-order chi connectivity index (χ1) is 9.71. The van der Waals surface area contributed by atoms with Crippen LogP contribution >= 0.6 is 34.3 Å². The van der Waals surface area contributed by atoms with E-state index in [1.54, 1.807) is 19.1 Å². The lowest BCUT2D eigenvalue weighted by molar-refractivity contribution is 0.0702. The van der Waals surface area contributed by atoms with Crippen LogP contribution in [0.5, 0.6) is 0 Å². The van der Waals surface area contributed by atoms with Gasteiger partial charge in [-0.2, -0.15) is 4.31 Å². The summed E-state index contributed by atoms with van der Waals surface area (Å²) >= 11 is 8.09. The van der Waals surface area contributed by atoms with Crippen LogP contribution < -0.4 is 0 Å². The normalized spacial score (nSPS) is 12.0. The molecule has 0 saturated heterocycles. The van der Waals surface area contributed by atoms with Crippen LogP contribution in [0.4, 0.5) is 0 Å². The number of carboxylic acid groups (broad SMARTS) is 1. The van der Waals surface area contributed by atoms with E-state index >= 15 is 0 Å². The van der Waals surface area contributed by atoms with Crippen LogP contribution in [0.1, 0.15) is 19.4 Å².